The van der Waals surface area contributed by atoms with Crippen LogP contribution in [0.3, 0.4) is 0 Å². The molecule has 10 aromatic carbocycles. The highest BCUT2D eigenvalue weighted by Gasteiger charge is 2.53. The van der Waals surface area contributed by atoms with Gasteiger partial charge in [-0.25, -0.2) is 0 Å². The Hall–Kier alpha value is -7.74. The first-order valence-electron chi connectivity index (χ1n) is 20.8. The van der Waals surface area contributed by atoms with Gasteiger partial charge >= 0.3 is 0 Å². The lowest BCUT2D eigenvalue weighted by molar-refractivity contribution is 0.801. The Labute approximate surface area is 351 Å². The first-order valence-corrected chi connectivity index (χ1v) is 20.8. The van der Waals surface area contributed by atoms with Crippen molar-refractivity contribution < 1.29 is 0 Å². The smallest absolute Gasteiger partial charge is 0.0732 e. The van der Waals surface area contributed by atoms with E-state index in [-0.39, 0.29) is 0 Å². The van der Waals surface area contributed by atoms with Crippen LogP contribution in [-0.2, 0) is 5.41 Å². The molecule has 0 N–H and O–H groups in total. The summed E-state index contributed by atoms with van der Waals surface area (Å²) in [6, 6.07) is 87.3. The number of benzene rings is 10. The molecule has 0 amide bonds. The molecule has 0 fully saturated rings. The van der Waals surface area contributed by atoms with Crippen LogP contribution in [0, 0.1) is 0 Å². The first kappa shape index (κ1) is 34.3. The Morgan fingerprint density at radius 3 is 1.30 bits per heavy atom. The second kappa shape index (κ2) is 13.7. The SMILES string of the molecule is c1ccc(-c2ccc(N(c3ccc(-c4ccccc4)cc3)c3ccc4c(c3)C3(c5ccccc5-c5ccccc53)c3c-4c(-c4ccccc4)cc4ccccc34)cc2)cc1. The normalized spacial score (nSPS) is 12.8. The van der Waals surface area contributed by atoms with Crippen molar-refractivity contribution in [3.05, 3.63) is 259 Å². The fourth-order valence-electron chi connectivity index (χ4n) is 10.3. The molecule has 2 aliphatic rings. The van der Waals surface area contributed by atoms with E-state index in [9.17, 15) is 0 Å². The zero-order valence-corrected chi connectivity index (χ0v) is 33.0. The summed E-state index contributed by atoms with van der Waals surface area (Å²) in [6.07, 6.45) is 0. The first-order chi connectivity index (χ1) is 29.8. The van der Waals surface area contributed by atoms with Crippen LogP contribution in [0.25, 0.3) is 66.4 Å². The summed E-state index contributed by atoms with van der Waals surface area (Å²) in [5.74, 6) is 0. The van der Waals surface area contributed by atoms with Crippen molar-refractivity contribution in [3.8, 4) is 55.6 Å². The van der Waals surface area contributed by atoms with Gasteiger partial charge in [0, 0.05) is 17.1 Å². The van der Waals surface area contributed by atoms with Gasteiger partial charge in [-0.15, -0.1) is 0 Å². The quantitative estimate of drug-likeness (QED) is 0.163. The van der Waals surface area contributed by atoms with Crippen LogP contribution in [0.1, 0.15) is 22.3 Å². The number of anilines is 3. The van der Waals surface area contributed by atoms with Crippen LogP contribution in [0.5, 0.6) is 0 Å². The predicted molar refractivity (Wildman–Crippen MR) is 251 cm³/mol. The van der Waals surface area contributed by atoms with Gasteiger partial charge in [0.05, 0.1) is 5.41 Å². The van der Waals surface area contributed by atoms with Crippen molar-refractivity contribution in [2.45, 2.75) is 5.41 Å². The van der Waals surface area contributed by atoms with Crippen molar-refractivity contribution in [2.75, 3.05) is 4.90 Å². The Morgan fingerprint density at radius 2 is 0.733 bits per heavy atom. The van der Waals surface area contributed by atoms with Crippen molar-refractivity contribution >= 4 is 27.8 Å². The zero-order valence-electron chi connectivity index (χ0n) is 33.0. The largest absolute Gasteiger partial charge is 0.310 e. The van der Waals surface area contributed by atoms with E-state index in [1.165, 1.54) is 88.7 Å². The van der Waals surface area contributed by atoms with Gasteiger partial charge in [-0.2, -0.15) is 0 Å². The molecule has 60 heavy (non-hydrogen) atoms. The molecular formula is C59H39N. The van der Waals surface area contributed by atoms with E-state index in [1.807, 2.05) is 0 Å². The van der Waals surface area contributed by atoms with Crippen molar-refractivity contribution in [3.63, 3.8) is 0 Å². The molecule has 1 spiro atoms. The molecule has 0 saturated heterocycles. The summed E-state index contributed by atoms with van der Waals surface area (Å²) < 4.78 is 0. The molecular weight excluding hydrogens is 723 g/mol. The fraction of sp³-hybridized carbons (Fsp3) is 0.0169. The van der Waals surface area contributed by atoms with E-state index < -0.39 is 5.41 Å². The van der Waals surface area contributed by atoms with Crippen molar-refractivity contribution in [2.24, 2.45) is 0 Å². The Balaban J connectivity index is 1.14. The molecule has 0 heterocycles. The summed E-state index contributed by atoms with van der Waals surface area (Å²) >= 11 is 0. The highest BCUT2D eigenvalue weighted by molar-refractivity contribution is 6.09. The van der Waals surface area contributed by atoms with Gasteiger partial charge in [0.15, 0.2) is 0 Å². The molecule has 1 nitrogen and oxygen atoms in total. The lowest BCUT2D eigenvalue weighted by Crippen LogP contribution is -2.26. The number of fused-ring (bicyclic) bond motifs is 12. The Kier molecular flexibility index (Phi) is 7.83. The topological polar surface area (TPSA) is 3.24 Å². The standard InChI is InChI=1S/C59H39N/c1-4-16-40(17-5-1)42-28-32-46(33-29-42)60(47-34-30-43(31-35-47)41-18-6-2-7-19-41)48-36-37-52-56(39-48)59(54-26-14-12-24-50(54)51-25-13-15-27-55(51)59)58-49-23-11-10-22-45(49)38-53(57(52)58)44-20-8-3-9-21-44/h1-39H. The monoisotopic (exact) mass is 761 g/mol. The predicted octanol–water partition coefficient (Wildman–Crippen LogP) is 15.7. The highest BCUT2D eigenvalue weighted by Crippen LogP contribution is 2.66. The average molecular weight is 762 g/mol. The molecule has 0 aromatic heterocycles. The van der Waals surface area contributed by atoms with Crippen molar-refractivity contribution in [1.29, 1.82) is 0 Å². The lowest BCUT2D eigenvalue weighted by Gasteiger charge is -2.33. The van der Waals surface area contributed by atoms with Crippen LogP contribution in [0.15, 0.2) is 237 Å². The third-order valence-corrected chi connectivity index (χ3v) is 12.9. The van der Waals surface area contributed by atoms with Gasteiger partial charge in [0.25, 0.3) is 0 Å². The van der Waals surface area contributed by atoms with Crippen LogP contribution < -0.4 is 4.90 Å². The molecule has 12 rings (SSSR count). The molecule has 0 aliphatic heterocycles. The molecule has 280 valence electrons. The molecule has 0 radical (unpaired) electrons. The molecule has 10 aromatic rings. The summed E-state index contributed by atoms with van der Waals surface area (Å²) in [4.78, 5) is 2.43. The Bertz CT molecular complexity index is 3090. The van der Waals surface area contributed by atoms with Gasteiger partial charge in [-0.3, -0.25) is 0 Å². The van der Waals surface area contributed by atoms with Gasteiger partial charge in [-0.05, 0) is 131 Å². The molecule has 0 atom stereocenters. The number of nitrogens with zero attached hydrogens (tertiary/aromatic N) is 1. The minimum Gasteiger partial charge on any atom is -0.310 e. The number of hydrogen-bond donors (Lipinski definition) is 0. The van der Waals surface area contributed by atoms with Gasteiger partial charge < -0.3 is 4.90 Å². The lowest BCUT2D eigenvalue weighted by atomic mass is 9.69. The molecule has 0 saturated carbocycles. The van der Waals surface area contributed by atoms with E-state index in [2.05, 4.69) is 241 Å². The van der Waals surface area contributed by atoms with Crippen LogP contribution in [0.2, 0.25) is 0 Å². The molecule has 1 heteroatoms. The van der Waals surface area contributed by atoms with Gasteiger partial charge in [0.1, 0.15) is 0 Å². The number of rotatable bonds is 6. The molecule has 0 bridgehead atoms. The fourth-order valence-corrected chi connectivity index (χ4v) is 10.3. The Morgan fingerprint density at radius 1 is 0.283 bits per heavy atom. The van der Waals surface area contributed by atoms with E-state index in [4.69, 9.17) is 0 Å². The molecule has 2 aliphatic carbocycles. The summed E-state index contributed by atoms with van der Waals surface area (Å²) in [7, 11) is 0. The average Bonchev–Trinajstić information content (AvgIpc) is 3.80. The van der Waals surface area contributed by atoms with Crippen LogP contribution in [0.4, 0.5) is 17.1 Å². The van der Waals surface area contributed by atoms with Gasteiger partial charge in [0.2, 0.25) is 0 Å². The summed E-state index contributed by atoms with van der Waals surface area (Å²) in [6.45, 7) is 0. The van der Waals surface area contributed by atoms with Gasteiger partial charge in [-0.1, -0.05) is 194 Å². The van der Waals surface area contributed by atoms with E-state index in [1.54, 1.807) is 0 Å². The summed E-state index contributed by atoms with van der Waals surface area (Å²) in [5.41, 5.74) is 20.7. The minimum atomic E-state index is -0.543. The minimum absolute atomic E-state index is 0.543. The van der Waals surface area contributed by atoms with Crippen molar-refractivity contribution in [1.82, 2.24) is 0 Å². The maximum Gasteiger partial charge on any atom is 0.0732 e. The maximum absolute atomic E-state index is 2.51. The number of hydrogen-bond acceptors (Lipinski definition) is 1. The molecule has 0 unspecified atom stereocenters. The highest BCUT2D eigenvalue weighted by atomic mass is 15.1. The third-order valence-electron chi connectivity index (χ3n) is 12.9. The maximum atomic E-state index is 2.51. The third kappa shape index (κ3) is 5.13. The van der Waals surface area contributed by atoms with E-state index in [0.29, 0.717) is 0 Å². The summed E-state index contributed by atoms with van der Waals surface area (Å²) in [5, 5.41) is 2.55. The van der Waals surface area contributed by atoms with E-state index in [0.717, 1.165) is 17.1 Å². The zero-order chi connectivity index (χ0) is 39.6. The second-order valence-electron chi connectivity index (χ2n) is 16.0. The van der Waals surface area contributed by atoms with Crippen LogP contribution in [-0.4, -0.2) is 0 Å². The second-order valence-corrected chi connectivity index (χ2v) is 16.0. The van der Waals surface area contributed by atoms with Crippen LogP contribution >= 0.6 is 0 Å². The van der Waals surface area contributed by atoms with E-state index >= 15 is 0 Å².